The molecular weight excluding hydrogens is 447 g/mol. The lowest BCUT2D eigenvalue weighted by atomic mass is 10.0. The van der Waals surface area contributed by atoms with Gasteiger partial charge in [0.25, 0.3) is 0 Å². The fourth-order valence-electron chi connectivity index (χ4n) is 5.35. The molecule has 33 heavy (non-hydrogen) atoms. The number of carbonyl (C=O) groups is 2. The first-order chi connectivity index (χ1) is 16.1. The number of aromatic nitrogens is 2. The fourth-order valence-corrected chi connectivity index (χ4v) is 6.69. The zero-order valence-electron chi connectivity index (χ0n) is 17.9. The molecule has 1 amide bonds. The van der Waals surface area contributed by atoms with Gasteiger partial charge in [-0.2, -0.15) is 11.8 Å². The SMILES string of the molecule is O=C(CC[C@@H]1OC(=O)N2c3cc(F)c(N4C5CCC4CSC5)cc3OC[C@@H]12)c1cnccn1. The van der Waals surface area contributed by atoms with Crippen molar-refractivity contribution in [2.45, 2.75) is 49.9 Å². The minimum Gasteiger partial charge on any atom is -0.489 e. The van der Waals surface area contributed by atoms with Crippen molar-refractivity contribution >= 4 is 35.0 Å². The smallest absolute Gasteiger partial charge is 0.415 e. The number of fused-ring (bicyclic) bond motifs is 5. The molecule has 0 saturated carbocycles. The summed E-state index contributed by atoms with van der Waals surface area (Å²) in [6.45, 7) is 0.233. The predicted octanol–water partition coefficient (Wildman–Crippen LogP) is 3.45. The normalized spacial score (nSPS) is 27.6. The van der Waals surface area contributed by atoms with E-state index >= 15 is 4.39 Å². The van der Waals surface area contributed by atoms with Gasteiger partial charge in [-0.1, -0.05) is 0 Å². The molecule has 10 heteroatoms. The van der Waals surface area contributed by atoms with Crippen LogP contribution in [0.25, 0.3) is 0 Å². The van der Waals surface area contributed by atoms with E-state index in [2.05, 4.69) is 14.9 Å². The van der Waals surface area contributed by atoms with Crippen LogP contribution in [-0.4, -0.2) is 64.2 Å². The largest absolute Gasteiger partial charge is 0.489 e. The van der Waals surface area contributed by atoms with Crippen molar-refractivity contribution in [3.05, 3.63) is 42.2 Å². The standard InChI is InChI=1S/C23H23FN4O4S/c24-15-7-18-22(8-17(15)27-13-1-2-14(27)12-33-11-13)31-10-19-21(32-23(30)28(18)19)4-3-20(29)16-9-25-5-6-26-16/h5-9,13-14,19,21H,1-4,10-12H2/t13?,14?,19-,21-/m0/s1. The molecule has 0 spiro atoms. The van der Waals surface area contributed by atoms with E-state index in [9.17, 15) is 9.59 Å². The molecule has 2 bridgehead atoms. The second-order valence-corrected chi connectivity index (χ2v) is 9.90. The highest BCUT2D eigenvalue weighted by Crippen LogP contribution is 2.46. The lowest BCUT2D eigenvalue weighted by molar-refractivity contribution is 0.0897. The number of rotatable bonds is 5. The number of Topliss-reactive ketones (excluding diaryl/α,β-unsaturated/α-hetero) is 1. The highest BCUT2D eigenvalue weighted by molar-refractivity contribution is 7.99. The number of carbonyl (C=O) groups excluding carboxylic acids is 2. The van der Waals surface area contributed by atoms with Crippen molar-refractivity contribution < 1.29 is 23.5 Å². The highest BCUT2D eigenvalue weighted by Gasteiger charge is 2.47. The summed E-state index contributed by atoms with van der Waals surface area (Å²) in [5, 5.41) is 0. The molecule has 0 radical (unpaired) electrons. The Morgan fingerprint density at radius 2 is 2.00 bits per heavy atom. The Balaban J connectivity index is 1.21. The molecule has 172 valence electrons. The van der Waals surface area contributed by atoms with Gasteiger partial charge in [0, 0.05) is 54.5 Å². The van der Waals surface area contributed by atoms with Gasteiger partial charge in [-0.05, 0) is 19.3 Å². The lowest BCUT2D eigenvalue weighted by Crippen LogP contribution is -2.45. The van der Waals surface area contributed by atoms with Gasteiger partial charge in [0.2, 0.25) is 0 Å². The number of thioether (sulfide) groups is 1. The minimum atomic E-state index is -0.539. The summed E-state index contributed by atoms with van der Waals surface area (Å²) >= 11 is 1.93. The van der Waals surface area contributed by atoms with Gasteiger partial charge in [0.15, 0.2) is 5.78 Å². The van der Waals surface area contributed by atoms with Crippen LogP contribution in [0.1, 0.15) is 36.2 Å². The third-order valence-electron chi connectivity index (χ3n) is 6.93. The van der Waals surface area contributed by atoms with Gasteiger partial charge in [0.1, 0.15) is 36.0 Å². The topological polar surface area (TPSA) is 84.9 Å². The molecule has 3 fully saturated rings. The first-order valence-electron chi connectivity index (χ1n) is 11.2. The van der Waals surface area contributed by atoms with Crippen LogP contribution in [-0.2, 0) is 4.74 Å². The van der Waals surface area contributed by atoms with Crippen molar-refractivity contribution in [3.63, 3.8) is 0 Å². The van der Waals surface area contributed by atoms with Gasteiger partial charge in [-0.25, -0.2) is 14.2 Å². The molecule has 1 aromatic heterocycles. The molecular formula is C23H23FN4O4S. The molecule has 4 aliphatic heterocycles. The highest BCUT2D eigenvalue weighted by atomic mass is 32.2. The Bertz CT molecular complexity index is 1090. The monoisotopic (exact) mass is 470 g/mol. The molecule has 4 atom stereocenters. The van der Waals surface area contributed by atoms with Crippen LogP contribution in [0.4, 0.5) is 20.6 Å². The summed E-state index contributed by atoms with van der Waals surface area (Å²) in [4.78, 5) is 36.7. The van der Waals surface area contributed by atoms with Crippen LogP contribution < -0.4 is 14.5 Å². The van der Waals surface area contributed by atoms with Crippen molar-refractivity contribution in [1.29, 1.82) is 0 Å². The number of ether oxygens (including phenoxy) is 2. The average molecular weight is 471 g/mol. The quantitative estimate of drug-likeness (QED) is 0.615. The van der Waals surface area contributed by atoms with Crippen LogP contribution in [0.2, 0.25) is 0 Å². The molecule has 8 nitrogen and oxygen atoms in total. The average Bonchev–Trinajstić information content (AvgIpc) is 3.28. The van der Waals surface area contributed by atoms with Crippen LogP contribution in [0, 0.1) is 5.82 Å². The minimum absolute atomic E-state index is 0.164. The summed E-state index contributed by atoms with van der Waals surface area (Å²) in [6, 6.07) is 3.40. The third-order valence-corrected chi connectivity index (χ3v) is 8.17. The number of hydrogen-bond acceptors (Lipinski definition) is 8. The number of anilines is 2. The maximum atomic E-state index is 15.3. The Hall–Kier alpha value is -2.88. The first kappa shape index (κ1) is 20.7. The van der Waals surface area contributed by atoms with Crippen molar-refractivity contribution in [1.82, 2.24) is 9.97 Å². The lowest BCUT2D eigenvalue weighted by Gasteiger charge is -2.38. The van der Waals surface area contributed by atoms with Gasteiger partial charge >= 0.3 is 6.09 Å². The fraction of sp³-hybridized carbons (Fsp3) is 0.478. The van der Waals surface area contributed by atoms with Crippen molar-refractivity contribution in [3.8, 4) is 5.75 Å². The van der Waals surface area contributed by atoms with Crippen LogP contribution in [0.15, 0.2) is 30.7 Å². The van der Waals surface area contributed by atoms with Crippen LogP contribution in [0.3, 0.4) is 0 Å². The van der Waals surface area contributed by atoms with E-state index in [0.29, 0.717) is 35.6 Å². The predicted molar refractivity (Wildman–Crippen MR) is 121 cm³/mol. The summed E-state index contributed by atoms with van der Waals surface area (Å²) in [5.41, 5.74) is 1.22. The Morgan fingerprint density at radius 3 is 2.76 bits per heavy atom. The summed E-state index contributed by atoms with van der Waals surface area (Å²) in [6.07, 6.45) is 5.97. The molecule has 4 aliphatic rings. The molecule has 2 unspecified atom stereocenters. The van der Waals surface area contributed by atoms with Gasteiger partial charge in [-0.15, -0.1) is 0 Å². The second-order valence-electron chi connectivity index (χ2n) is 8.82. The summed E-state index contributed by atoms with van der Waals surface area (Å²) < 4.78 is 26.9. The third kappa shape index (κ3) is 3.51. The van der Waals surface area contributed by atoms with Gasteiger partial charge in [0.05, 0.1) is 17.6 Å². The zero-order chi connectivity index (χ0) is 22.5. The number of hydrogen-bond donors (Lipinski definition) is 0. The maximum absolute atomic E-state index is 15.3. The number of amides is 1. The van der Waals surface area contributed by atoms with Crippen LogP contribution >= 0.6 is 11.8 Å². The van der Waals surface area contributed by atoms with E-state index in [4.69, 9.17) is 9.47 Å². The second kappa shape index (κ2) is 8.16. The van der Waals surface area contributed by atoms with E-state index in [1.165, 1.54) is 29.6 Å². The maximum Gasteiger partial charge on any atom is 0.415 e. The Kier molecular flexibility index (Phi) is 5.12. The summed E-state index contributed by atoms with van der Waals surface area (Å²) in [7, 11) is 0. The molecule has 5 heterocycles. The number of cyclic esters (lactones) is 1. The molecule has 6 rings (SSSR count). The van der Waals surface area contributed by atoms with E-state index < -0.39 is 18.2 Å². The number of nitrogens with zero attached hydrogens (tertiary/aromatic N) is 4. The molecule has 0 aliphatic carbocycles. The molecule has 1 aromatic carbocycles. The Labute approximate surface area is 194 Å². The van der Waals surface area contributed by atoms with Crippen LogP contribution in [0.5, 0.6) is 5.75 Å². The van der Waals surface area contributed by atoms with E-state index in [0.717, 1.165) is 24.3 Å². The molecule has 3 saturated heterocycles. The molecule has 0 N–H and O–H groups in total. The Morgan fingerprint density at radius 1 is 1.18 bits per heavy atom. The number of ketones is 1. The number of benzene rings is 1. The zero-order valence-corrected chi connectivity index (χ0v) is 18.7. The van der Waals surface area contributed by atoms with Crippen molar-refractivity contribution in [2.24, 2.45) is 0 Å². The van der Waals surface area contributed by atoms with E-state index in [-0.39, 0.29) is 30.3 Å². The van der Waals surface area contributed by atoms with Crippen molar-refractivity contribution in [2.75, 3.05) is 27.9 Å². The molecule has 2 aromatic rings. The summed E-state index contributed by atoms with van der Waals surface area (Å²) in [5.74, 6) is 1.98. The van der Waals surface area contributed by atoms with Gasteiger partial charge in [-0.3, -0.25) is 14.7 Å². The van der Waals surface area contributed by atoms with Gasteiger partial charge < -0.3 is 14.4 Å². The first-order valence-corrected chi connectivity index (χ1v) is 12.4. The number of halogens is 1. The van der Waals surface area contributed by atoms with E-state index in [1.807, 2.05) is 11.8 Å². The van der Waals surface area contributed by atoms with E-state index in [1.54, 1.807) is 6.07 Å².